The van der Waals surface area contributed by atoms with Gasteiger partial charge in [-0.25, -0.2) is 4.98 Å². The highest BCUT2D eigenvalue weighted by molar-refractivity contribution is 6.31. The fraction of sp³-hybridized carbons (Fsp3) is 0.136. The molecule has 6 heteroatoms. The molecule has 0 atom stereocenters. The highest BCUT2D eigenvalue weighted by Crippen LogP contribution is 2.30. The lowest BCUT2D eigenvalue weighted by Crippen LogP contribution is -1.98. The maximum Gasteiger partial charge on any atom is 0.180 e. The first-order valence-electron chi connectivity index (χ1n) is 9.02. The second-order valence-corrected chi connectivity index (χ2v) is 6.70. The number of ether oxygens (including phenoxy) is 2. The number of nitrogens with zero attached hydrogens (tertiary/aromatic N) is 2. The maximum atomic E-state index is 6.22. The average Bonchev–Trinajstić information content (AvgIpc) is 3.14. The molecule has 4 aromatic rings. The van der Waals surface area contributed by atoms with Crippen molar-refractivity contribution >= 4 is 22.9 Å². The van der Waals surface area contributed by atoms with Gasteiger partial charge in [-0.3, -0.25) is 0 Å². The number of imidazole rings is 1. The number of aromatic nitrogens is 2. The Morgan fingerprint density at radius 2 is 1.89 bits per heavy atom. The van der Waals surface area contributed by atoms with Crippen LogP contribution in [-0.4, -0.2) is 16.0 Å². The van der Waals surface area contributed by atoms with E-state index >= 15 is 0 Å². The Labute approximate surface area is 168 Å². The van der Waals surface area contributed by atoms with Crippen molar-refractivity contribution < 1.29 is 9.47 Å². The molecule has 142 valence electrons. The lowest BCUT2D eigenvalue weighted by molar-refractivity contribution is 0.308. The van der Waals surface area contributed by atoms with Crippen molar-refractivity contribution in [3.8, 4) is 22.8 Å². The quantitative estimate of drug-likeness (QED) is 0.456. The molecule has 0 aliphatic carbocycles. The molecule has 0 aliphatic rings. The molecule has 2 heterocycles. The van der Waals surface area contributed by atoms with Crippen LogP contribution in [0.3, 0.4) is 0 Å². The summed E-state index contributed by atoms with van der Waals surface area (Å²) in [5, 5.41) is 0.684. The predicted molar refractivity (Wildman–Crippen MR) is 112 cm³/mol. The van der Waals surface area contributed by atoms with E-state index in [1.165, 1.54) is 0 Å². The van der Waals surface area contributed by atoms with Crippen molar-refractivity contribution in [3.63, 3.8) is 0 Å². The highest BCUT2D eigenvalue weighted by Gasteiger charge is 2.11. The minimum Gasteiger partial charge on any atom is -0.492 e. The number of pyridine rings is 1. The number of rotatable bonds is 6. The summed E-state index contributed by atoms with van der Waals surface area (Å²) in [6, 6.07) is 17.2. The van der Waals surface area contributed by atoms with E-state index in [9.17, 15) is 0 Å². The van der Waals surface area contributed by atoms with Crippen LogP contribution in [0.4, 0.5) is 5.69 Å². The number of fused-ring (bicyclic) bond motifs is 1. The van der Waals surface area contributed by atoms with Gasteiger partial charge in [0.1, 0.15) is 12.4 Å². The van der Waals surface area contributed by atoms with Gasteiger partial charge in [0, 0.05) is 28.5 Å². The summed E-state index contributed by atoms with van der Waals surface area (Å²) in [5.74, 6) is 1.37. The van der Waals surface area contributed by atoms with Crippen LogP contribution in [0, 0.1) is 0 Å². The first-order chi connectivity index (χ1) is 13.7. The Bertz CT molecular complexity index is 1120. The second-order valence-electron chi connectivity index (χ2n) is 6.30. The number of halogens is 1. The largest absolute Gasteiger partial charge is 0.492 e. The molecule has 0 spiro atoms. The van der Waals surface area contributed by atoms with Crippen LogP contribution in [0.15, 0.2) is 67.0 Å². The van der Waals surface area contributed by atoms with Gasteiger partial charge in [-0.15, -0.1) is 0 Å². The van der Waals surface area contributed by atoms with Gasteiger partial charge in [0.25, 0.3) is 0 Å². The molecule has 0 radical (unpaired) electrons. The molecule has 0 aliphatic heterocycles. The molecule has 2 aromatic heterocycles. The van der Waals surface area contributed by atoms with Crippen LogP contribution in [0.2, 0.25) is 5.02 Å². The first-order valence-corrected chi connectivity index (χ1v) is 9.40. The van der Waals surface area contributed by atoms with Gasteiger partial charge in [-0.05, 0) is 43.3 Å². The van der Waals surface area contributed by atoms with E-state index in [0.717, 1.165) is 22.5 Å². The van der Waals surface area contributed by atoms with E-state index < -0.39 is 0 Å². The van der Waals surface area contributed by atoms with Crippen LogP contribution < -0.4 is 15.2 Å². The van der Waals surface area contributed by atoms with Gasteiger partial charge >= 0.3 is 0 Å². The van der Waals surface area contributed by atoms with Crippen molar-refractivity contribution in [2.45, 2.75) is 13.5 Å². The van der Waals surface area contributed by atoms with Gasteiger partial charge in [0.05, 0.1) is 18.0 Å². The lowest BCUT2D eigenvalue weighted by Gasteiger charge is -2.08. The minimum absolute atomic E-state index is 0.373. The van der Waals surface area contributed by atoms with Crippen molar-refractivity contribution in [3.05, 3.63) is 77.6 Å². The number of anilines is 1. The molecule has 0 saturated heterocycles. The molecule has 0 bridgehead atoms. The van der Waals surface area contributed by atoms with Gasteiger partial charge in [0.2, 0.25) is 0 Å². The second kappa shape index (κ2) is 7.82. The van der Waals surface area contributed by atoms with Gasteiger partial charge in [-0.2, -0.15) is 0 Å². The predicted octanol–water partition coefficient (Wildman–Crippen LogP) is 5.21. The van der Waals surface area contributed by atoms with E-state index in [1.54, 1.807) is 0 Å². The normalized spacial score (nSPS) is 10.9. The van der Waals surface area contributed by atoms with Crippen molar-refractivity contribution in [2.24, 2.45) is 0 Å². The summed E-state index contributed by atoms with van der Waals surface area (Å²) in [7, 11) is 0. The third-order valence-corrected chi connectivity index (χ3v) is 4.76. The summed E-state index contributed by atoms with van der Waals surface area (Å²) in [6.07, 6.45) is 3.89. The van der Waals surface area contributed by atoms with Crippen molar-refractivity contribution in [2.75, 3.05) is 12.3 Å². The van der Waals surface area contributed by atoms with E-state index in [2.05, 4.69) is 0 Å². The fourth-order valence-electron chi connectivity index (χ4n) is 3.00. The number of nitrogen functional groups attached to an aromatic ring is 1. The molecule has 5 nitrogen and oxygen atoms in total. The molecule has 2 aromatic carbocycles. The van der Waals surface area contributed by atoms with E-state index in [0.29, 0.717) is 35.4 Å². The monoisotopic (exact) mass is 393 g/mol. The Morgan fingerprint density at radius 3 is 2.68 bits per heavy atom. The Morgan fingerprint density at radius 1 is 1.04 bits per heavy atom. The maximum absolute atomic E-state index is 6.22. The average molecular weight is 394 g/mol. The molecule has 0 unspecified atom stereocenters. The topological polar surface area (TPSA) is 61.8 Å². The van der Waals surface area contributed by atoms with Gasteiger partial charge in [0.15, 0.2) is 11.4 Å². The number of benzene rings is 2. The van der Waals surface area contributed by atoms with Crippen LogP contribution in [0.1, 0.15) is 12.5 Å². The summed E-state index contributed by atoms with van der Waals surface area (Å²) in [6.45, 7) is 2.88. The number of hydrogen-bond acceptors (Lipinski definition) is 4. The molecule has 0 amide bonds. The third-order valence-electron chi connectivity index (χ3n) is 4.39. The molecule has 0 fully saturated rings. The number of nitrogens with two attached hydrogens (primary N) is 1. The summed E-state index contributed by atoms with van der Waals surface area (Å²) in [5.41, 5.74) is 10.1. The summed E-state index contributed by atoms with van der Waals surface area (Å²) >= 11 is 6.22. The number of hydrogen-bond donors (Lipinski definition) is 1. The zero-order chi connectivity index (χ0) is 19.5. The van der Waals surface area contributed by atoms with Crippen LogP contribution in [-0.2, 0) is 6.61 Å². The first kappa shape index (κ1) is 18.2. The lowest BCUT2D eigenvalue weighted by atomic mass is 10.1. The third kappa shape index (κ3) is 3.62. The highest BCUT2D eigenvalue weighted by atomic mass is 35.5. The van der Waals surface area contributed by atoms with Gasteiger partial charge in [-0.1, -0.05) is 29.8 Å². The molecule has 0 saturated carbocycles. The molecule has 2 N–H and O–H groups in total. The Balaban J connectivity index is 1.64. The van der Waals surface area contributed by atoms with Gasteiger partial charge < -0.3 is 19.6 Å². The van der Waals surface area contributed by atoms with Crippen molar-refractivity contribution in [1.82, 2.24) is 9.38 Å². The van der Waals surface area contributed by atoms with E-state index in [1.807, 2.05) is 78.3 Å². The summed E-state index contributed by atoms with van der Waals surface area (Å²) < 4.78 is 13.4. The van der Waals surface area contributed by atoms with Crippen LogP contribution >= 0.6 is 11.6 Å². The molecule has 28 heavy (non-hydrogen) atoms. The van der Waals surface area contributed by atoms with Crippen molar-refractivity contribution in [1.29, 1.82) is 0 Å². The van der Waals surface area contributed by atoms with E-state index in [-0.39, 0.29) is 0 Å². The Kier molecular flexibility index (Phi) is 5.08. The Hall–Kier alpha value is -3.18. The standard InChI is InChI=1S/C22H20ClN3O2/c1-2-27-20-10-9-15(12-18(20)24)19-13-26-11-5-8-21(22(26)25-19)28-14-16-6-3-4-7-17(16)23/h3-13H,2,14,24H2,1H3. The minimum atomic E-state index is 0.373. The molecular weight excluding hydrogens is 374 g/mol. The van der Waals surface area contributed by atoms with Crippen LogP contribution in [0.25, 0.3) is 16.9 Å². The molecule has 4 rings (SSSR count). The smallest absolute Gasteiger partial charge is 0.180 e. The van der Waals surface area contributed by atoms with Crippen LogP contribution in [0.5, 0.6) is 11.5 Å². The van der Waals surface area contributed by atoms with E-state index in [4.69, 9.17) is 31.8 Å². The SMILES string of the molecule is CCOc1ccc(-c2cn3cccc(OCc4ccccc4Cl)c3n2)cc1N. The zero-order valence-electron chi connectivity index (χ0n) is 15.4. The fourth-order valence-corrected chi connectivity index (χ4v) is 3.19. The zero-order valence-corrected chi connectivity index (χ0v) is 16.2. The molecular formula is C22H20ClN3O2. The summed E-state index contributed by atoms with van der Waals surface area (Å²) in [4.78, 5) is 4.74.